The molecule has 6 rings (SSSR count). The number of esters is 1. The summed E-state index contributed by atoms with van der Waals surface area (Å²) in [5, 5.41) is 0.402. The average Bonchev–Trinajstić information content (AvgIpc) is 3.59. The van der Waals surface area contributed by atoms with Crippen LogP contribution in [0.4, 0.5) is 0 Å². The van der Waals surface area contributed by atoms with Gasteiger partial charge >= 0.3 is 5.97 Å². The zero-order valence-electron chi connectivity index (χ0n) is 22.9. The van der Waals surface area contributed by atoms with Crippen molar-refractivity contribution in [1.29, 1.82) is 0 Å². The number of benzene rings is 3. The number of fused-ring (bicyclic) bond motifs is 2. The number of carbonyl (C=O) groups is 1. The predicted molar refractivity (Wildman–Crippen MR) is 158 cm³/mol. The van der Waals surface area contributed by atoms with Gasteiger partial charge in [0.25, 0.3) is 5.56 Å². The van der Waals surface area contributed by atoms with Crippen LogP contribution in [0.1, 0.15) is 29.7 Å². The molecule has 0 saturated heterocycles. The summed E-state index contributed by atoms with van der Waals surface area (Å²) in [6.45, 7) is 1.98. The molecule has 0 bridgehead atoms. The number of halogens is 1. The molecule has 0 N–H and O–H groups in total. The molecule has 9 nitrogen and oxygen atoms in total. The molecule has 214 valence electrons. The number of ether oxygens (including phenoxy) is 5. The summed E-state index contributed by atoms with van der Waals surface area (Å²) < 4.78 is 29.3. The fourth-order valence-electron chi connectivity index (χ4n) is 4.96. The first kappa shape index (κ1) is 27.6. The Balaban J connectivity index is 1.64. The topological polar surface area (TPSA) is 97.6 Å². The number of hydrogen-bond donors (Lipinski definition) is 0. The molecule has 3 heterocycles. The average molecular weight is 605 g/mol. The molecule has 2 aliphatic heterocycles. The lowest BCUT2D eigenvalue weighted by Crippen LogP contribution is -2.40. The Hall–Kier alpha value is -4.54. The van der Waals surface area contributed by atoms with Crippen LogP contribution in [-0.2, 0) is 9.53 Å². The largest absolute Gasteiger partial charge is 0.493 e. The van der Waals surface area contributed by atoms with Crippen LogP contribution in [0.15, 0.2) is 76.0 Å². The van der Waals surface area contributed by atoms with E-state index < -0.39 is 12.0 Å². The second kappa shape index (κ2) is 11.4. The maximum absolute atomic E-state index is 14.1. The van der Waals surface area contributed by atoms with Gasteiger partial charge in [-0.25, -0.2) is 9.79 Å². The number of nitrogens with zero attached hydrogens (tertiary/aromatic N) is 2. The van der Waals surface area contributed by atoms with Crippen LogP contribution in [0.25, 0.3) is 11.8 Å². The third-order valence-electron chi connectivity index (χ3n) is 6.88. The molecule has 11 heteroatoms. The quantitative estimate of drug-likeness (QED) is 0.290. The zero-order valence-corrected chi connectivity index (χ0v) is 24.5. The summed E-state index contributed by atoms with van der Waals surface area (Å²) in [5.41, 5.74) is 2.22. The second-order valence-electron chi connectivity index (χ2n) is 9.27. The van der Waals surface area contributed by atoms with E-state index in [0.717, 1.165) is 0 Å². The number of hydrogen-bond acceptors (Lipinski definition) is 9. The van der Waals surface area contributed by atoms with Gasteiger partial charge in [0.15, 0.2) is 27.8 Å². The van der Waals surface area contributed by atoms with Crippen molar-refractivity contribution in [2.45, 2.75) is 13.0 Å². The number of rotatable bonds is 7. The van der Waals surface area contributed by atoms with Crippen molar-refractivity contribution >= 4 is 40.7 Å². The lowest BCUT2D eigenvalue weighted by molar-refractivity contribution is -0.138. The van der Waals surface area contributed by atoms with E-state index >= 15 is 0 Å². The number of aromatic nitrogens is 1. The van der Waals surface area contributed by atoms with Crippen molar-refractivity contribution in [3.63, 3.8) is 0 Å². The molecule has 3 aromatic carbocycles. The van der Waals surface area contributed by atoms with Crippen LogP contribution in [0.2, 0.25) is 5.02 Å². The normalized spacial score (nSPS) is 15.7. The fourth-order valence-corrected chi connectivity index (χ4v) is 6.16. The van der Waals surface area contributed by atoms with Gasteiger partial charge in [-0.3, -0.25) is 9.36 Å². The lowest BCUT2D eigenvalue weighted by Gasteiger charge is -2.26. The van der Waals surface area contributed by atoms with Gasteiger partial charge in [-0.2, -0.15) is 0 Å². The highest BCUT2D eigenvalue weighted by Gasteiger charge is 2.35. The van der Waals surface area contributed by atoms with Crippen LogP contribution in [0.5, 0.6) is 23.0 Å². The third kappa shape index (κ3) is 4.82. The maximum atomic E-state index is 14.1. The van der Waals surface area contributed by atoms with Gasteiger partial charge in [0.2, 0.25) is 6.79 Å². The summed E-state index contributed by atoms with van der Waals surface area (Å²) >= 11 is 7.73. The fraction of sp³-hybridized carbons (Fsp3) is 0.194. The van der Waals surface area contributed by atoms with Crippen LogP contribution >= 0.6 is 22.9 Å². The monoisotopic (exact) mass is 604 g/mol. The van der Waals surface area contributed by atoms with Crippen LogP contribution in [-0.4, -0.2) is 38.2 Å². The van der Waals surface area contributed by atoms with Gasteiger partial charge in [0, 0.05) is 11.6 Å². The van der Waals surface area contributed by atoms with E-state index in [9.17, 15) is 9.59 Å². The molecular weight excluding hydrogens is 580 g/mol. The van der Waals surface area contributed by atoms with Crippen LogP contribution < -0.4 is 33.8 Å². The summed E-state index contributed by atoms with van der Waals surface area (Å²) in [5.74, 6) is 1.46. The van der Waals surface area contributed by atoms with E-state index in [1.54, 1.807) is 50.4 Å². The van der Waals surface area contributed by atoms with Crippen molar-refractivity contribution in [1.82, 2.24) is 4.57 Å². The Kier molecular flexibility index (Phi) is 7.49. The van der Waals surface area contributed by atoms with Crippen molar-refractivity contribution in [2.24, 2.45) is 4.99 Å². The Labute approximate surface area is 249 Å². The van der Waals surface area contributed by atoms with Crippen molar-refractivity contribution in [3.05, 3.63) is 108 Å². The van der Waals surface area contributed by atoms with E-state index in [4.69, 9.17) is 40.3 Å². The molecule has 1 atom stereocenters. The SMILES string of the molecule is CCOC(=O)C1=C(c2ccccc2)N=c2s/c(=C/c3cc4c(cc3Cl)OCO4)c(=O)n2[C@@H]1c1ccc(OC)c(OC)c1. The molecule has 0 radical (unpaired) electrons. The summed E-state index contributed by atoms with van der Waals surface area (Å²) in [4.78, 5) is 33.1. The Morgan fingerprint density at radius 2 is 1.81 bits per heavy atom. The first-order valence-electron chi connectivity index (χ1n) is 13.0. The minimum absolute atomic E-state index is 0.0987. The maximum Gasteiger partial charge on any atom is 0.338 e. The van der Waals surface area contributed by atoms with E-state index in [1.165, 1.54) is 23.0 Å². The molecule has 0 unspecified atom stereocenters. The molecule has 0 spiro atoms. The highest BCUT2D eigenvalue weighted by molar-refractivity contribution is 7.07. The van der Waals surface area contributed by atoms with Crippen LogP contribution in [0, 0.1) is 0 Å². The van der Waals surface area contributed by atoms with E-state index in [2.05, 4.69) is 0 Å². The molecular formula is C31H25ClN2O7S. The zero-order chi connectivity index (χ0) is 29.4. The van der Waals surface area contributed by atoms with Gasteiger partial charge in [-0.05, 0) is 42.3 Å². The first-order chi connectivity index (χ1) is 20.4. The van der Waals surface area contributed by atoms with Gasteiger partial charge in [-0.15, -0.1) is 0 Å². The molecule has 4 aromatic rings. The van der Waals surface area contributed by atoms with Crippen LogP contribution in [0.3, 0.4) is 0 Å². The van der Waals surface area contributed by atoms with Gasteiger partial charge < -0.3 is 23.7 Å². The highest BCUT2D eigenvalue weighted by atomic mass is 35.5. The molecule has 42 heavy (non-hydrogen) atoms. The Morgan fingerprint density at radius 3 is 2.52 bits per heavy atom. The highest BCUT2D eigenvalue weighted by Crippen LogP contribution is 2.39. The van der Waals surface area contributed by atoms with Crippen molar-refractivity contribution < 1.29 is 28.5 Å². The summed E-state index contributed by atoms with van der Waals surface area (Å²) in [6, 6.07) is 17.1. The second-order valence-corrected chi connectivity index (χ2v) is 10.7. The van der Waals surface area contributed by atoms with E-state index in [-0.39, 0.29) is 24.5 Å². The minimum atomic E-state index is -0.871. The lowest BCUT2D eigenvalue weighted by atomic mass is 9.93. The third-order valence-corrected chi connectivity index (χ3v) is 8.19. The van der Waals surface area contributed by atoms with Crippen molar-refractivity contribution in [2.75, 3.05) is 27.6 Å². The van der Waals surface area contributed by atoms with E-state index in [1.807, 2.05) is 30.3 Å². The summed E-state index contributed by atoms with van der Waals surface area (Å²) in [6.07, 6.45) is 1.69. The molecule has 0 amide bonds. The first-order valence-corrected chi connectivity index (χ1v) is 14.2. The molecule has 1 aromatic heterocycles. The predicted octanol–water partition coefficient (Wildman–Crippen LogP) is 4.33. The minimum Gasteiger partial charge on any atom is -0.493 e. The molecule has 0 fully saturated rings. The summed E-state index contributed by atoms with van der Waals surface area (Å²) in [7, 11) is 3.07. The molecule has 2 aliphatic rings. The Bertz CT molecular complexity index is 1910. The van der Waals surface area contributed by atoms with Gasteiger partial charge in [0.1, 0.15) is 0 Å². The smallest absolute Gasteiger partial charge is 0.338 e. The number of methoxy groups -OCH3 is 2. The van der Waals surface area contributed by atoms with Gasteiger partial charge in [0.05, 0.1) is 47.7 Å². The molecule has 0 aliphatic carbocycles. The van der Waals surface area contributed by atoms with Gasteiger partial charge in [-0.1, -0.05) is 59.3 Å². The van der Waals surface area contributed by atoms with E-state index in [0.29, 0.717) is 59.7 Å². The Morgan fingerprint density at radius 1 is 1.07 bits per heavy atom. The van der Waals surface area contributed by atoms with Crippen molar-refractivity contribution in [3.8, 4) is 23.0 Å². The number of thiazole rings is 1. The molecule has 0 saturated carbocycles. The number of carbonyl (C=O) groups excluding carboxylic acids is 1. The standard InChI is InChI=1S/C31H25ClN2O7S/c1-4-39-30(36)26-27(17-8-6-5-7-9-17)33-31-34(28(26)18-10-11-21(37-2)22(12-18)38-3)29(35)25(42-31)14-19-13-23-24(15-20(19)32)41-16-40-23/h5-15,28H,4,16H2,1-3H3/b25-14+/t28-/m1/s1.